The second kappa shape index (κ2) is 10.7. The normalized spacial score (nSPS) is 17.1. The van der Waals surface area contributed by atoms with E-state index in [0.29, 0.717) is 38.3 Å². The lowest BCUT2D eigenvalue weighted by molar-refractivity contribution is -0.132. The Bertz CT molecular complexity index is 1230. The van der Waals surface area contributed by atoms with Gasteiger partial charge in [-0.25, -0.2) is 9.80 Å². The molecular formula is C28H30N6O2. The quantitative estimate of drug-likeness (QED) is 0.495. The van der Waals surface area contributed by atoms with Gasteiger partial charge < -0.3 is 16.0 Å². The second-order valence-corrected chi connectivity index (χ2v) is 9.17. The van der Waals surface area contributed by atoms with Crippen molar-refractivity contribution in [3.8, 4) is 0 Å². The molecule has 1 aromatic heterocycles. The third-order valence-electron chi connectivity index (χ3n) is 6.70. The Labute approximate surface area is 210 Å². The van der Waals surface area contributed by atoms with Crippen molar-refractivity contribution in [2.75, 3.05) is 18.4 Å². The van der Waals surface area contributed by atoms with E-state index in [9.17, 15) is 9.59 Å². The van der Waals surface area contributed by atoms with Crippen molar-refractivity contribution >= 4 is 23.3 Å². The summed E-state index contributed by atoms with van der Waals surface area (Å²) in [4.78, 5) is 31.6. The van der Waals surface area contributed by atoms with Crippen LogP contribution in [0.4, 0.5) is 10.5 Å². The number of nitrogens with two attached hydrogens (primary N) is 1. The highest BCUT2D eigenvalue weighted by atomic mass is 16.2. The molecule has 3 aromatic rings. The van der Waals surface area contributed by atoms with Crippen molar-refractivity contribution in [1.29, 1.82) is 0 Å². The van der Waals surface area contributed by atoms with Gasteiger partial charge in [-0.3, -0.25) is 9.78 Å². The van der Waals surface area contributed by atoms with Crippen molar-refractivity contribution in [1.82, 2.24) is 14.9 Å². The van der Waals surface area contributed by atoms with E-state index >= 15 is 0 Å². The van der Waals surface area contributed by atoms with Crippen LogP contribution in [-0.4, -0.2) is 45.6 Å². The van der Waals surface area contributed by atoms with Crippen LogP contribution in [0.2, 0.25) is 0 Å². The largest absolute Gasteiger partial charge is 0.330 e. The number of carbonyl (C=O) groups excluding carboxylic acids is 2. The number of pyridine rings is 1. The fourth-order valence-corrected chi connectivity index (χ4v) is 4.72. The van der Waals surface area contributed by atoms with Gasteiger partial charge in [0.1, 0.15) is 0 Å². The molecule has 0 unspecified atom stereocenters. The Hall–Kier alpha value is -4.04. The van der Waals surface area contributed by atoms with E-state index in [2.05, 4.69) is 10.3 Å². The third-order valence-corrected chi connectivity index (χ3v) is 6.70. The number of nitrogens with zero attached hydrogens (tertiary/aromatic N) is 4. The fraction of sp³-hybridized carbons (Fsp3) is 0.286. The predicted molar refractivity (Wildman–Crippen MR) is 139 cm³/mol. The number of hydrazone groups is 1. The summed E-state index contributed by atoms with van der Waals surface area (Å²) in [6.07, 6.45) is 5.60. The molecule has 0 saturated carbocycles. The summed E-state index contributed by atoms with van der Waals surface area (Å²) >= 11 is 0. The van der Waals surface area contributed by atoms with Crippen LogP contribution in [0.5, 0.6) is 0 Å². The zero-order chi connectivity index (χ0) is 24.9. The van der Waals surface area contributed by atoms with Crippen LogP contribution < -0.4 is 11.1 Å². The van der Waals surface area contributed by atoms with Gasteiger partial charge in [0, 0.05) is 50.1 Å². The highest BCUT2D eigenvalue weighted by Gasteiger charge is 2.31. The van der Waals surface area contributed by atoms with E-state index in [-0.39, 0.29) is 17.9 Å². The zero-order valence-electron chi connectivity index (χ0n) is 20.1. The maximum atomic E-state index is 12.9. The molecule has 3 amide bonds. The molecule has 8 nitrogen and oxygen atoms in total. The minimum absolute atomic E-state index is 0.0234. The van der Waals surface area contributed by atoms with E-state index in [4.69, 9.17) is 10.8 Å². The fourth-order valence-electron chi connectivity index (χ4n) is 4.72. The van der Waals surface area contributed by atoms with Crippen LogP contribution in [0.15, 0.2) is 78.2 Å². The molecule has 2 aliphatic rings. The summed E-state index contributed by atoms with van der Waals surface area (Å²) in [7, 11) is 0. The first-order chi connectivity index (χ1) is 17.6. The number of carbonyl (C=O) groups is 2. The van der Waals surface area contributed by atoms with Crippen LogP contribution >= 0.6 is 0 Å². The van der Waals surface area contributed by atoms with E-state index in [1.165, 1.54) is 0 Å². The van der Waals surface area contributed by atoms with Crippen molar-refractivity contribution in [3.63, 3.8) is 0 Å². The Balaban J connectivity index is 1.34. The summed E-state index contributed by atoms with van der Waals surface area (Å²) in [5, 5.41) is 9.37. The molecule has 0 fully saturated rings. The van der Waals surface area contributed by atoms with Gasteiger partial charge in [0.15, 0.2) is 0 Å². The van der Waals surface area contributed by atoms with Crippen LogP contribution in [0.3, 0.4) is 0 Å². The lowest BCUT2D eigenvalue weighted by atomic mass is 9.86. The molecule has 3 heterocycles. The molecule has 0 bridgehead atoms. The van der Waals surface area contributed by atoms with Gasteiger partial charge in [-0.2, -0.15) is 5.10 Å². The van der Waals surface area contributed by atoms with Crippen LogP contribution in [0, 0.1) is 0 Å². The first-order valence-electron chi connectivity index (χ1n) is 12.3. The predicted octanol–water partition coefficient (Wildman–Crippen LogP) is 4.09. The van der Waals surface area contributed by atoms with Crippen molar-refractivity contribution < 1.29 is 9.59 Å². The summed E-state index contributed by atoms with van der Waals surface area (Å²) in [6, 6.07) is 19.5. The summed E-state index contributed by atoms with van der Waals surface area (Å²) in [5.74, 6) is -0.100. The Kier molecular flexibility index (Phi) is 7.04. The number of fused-ring (bicyclic) bond motifs is 1. The molecule has 8 heteroatoms. The smallest absolute Gasteiger partial charge is 0.322 e. The molecule has 184 valence electrons. The van der Waals surface area contributed by atoms with Crippen molar-refractivity contribution in [2.24, 2.45) is 10.8 Å². The maximum absolute atomic E-state index is 12.9. The molecule has 0 aliphatic carbocycles. The first-order valence-corrected chi connectivity index (χ1v) is 12.3. The van der Waals surface area contributed by atoms with Gasteiger partial charge in [0.05, 0.1) is 5.71 Å². The van der Waals surface area contributed by atoms with Crippen LogP contribution in [-0.2, 0) is 17.9 Å². The molecule has 3 N–H and O–H groups in total. The van der Waals surface area contributed by atoms with Gasteiger partial charge >= 0.3 is 6.03 Å². The number of nitrogens with one attached hydrogen (secondary N) is 1. The number of anilines is 1. The maximum Gasteiger partial charge on any atom is 0.322 e. The van der Waals surface area contributed by atoms with Gasteiger partial charge in [0.25, 0.3) is 0 Å². The van der Waals surface area contributed by atoms with Crippen LogP contribution in [0.25, 0.3) is 0 Å². The number of amides is 3. The molecule has 1 atom stereocenters. The van der Waals surface area contributed by atoms with E-state index in [1.807, 2.05) is 66.9 Å². The minimum Gasteiger partial charge on any atom is -0.330 e. The molecule has 5 rings (SSSR count). The lowest BCUT2D eigenvalue weighted by Gasteiger charge is -2.30. The van der Waals surface area contributed by atoms with Gasteiger partial charge in [-0.05, 0) is 59.8 Å². The number of aromatic nitrogens is 1. The first kappa shape index (κ1) is 23.7. The third kappa shape index (κ3) is 5.13. The second-order valence-electron chi connectivity index (χ2n) is 9.17. The van der Waals surface area contributed by atoms with Crippen molar-refractivity contribution in [3.05, 3.63) is 95.3 Å². The number of hydrogen-bond acceptors (Lipinski definition) is 5. The number of rotatable bonds is 7. The van der Waals surface area contributed by atoms with Gasteiger partial charge in [-0.15, -0.1) is 0 Å². The van der Waals surface area contributed by atoms with E-state index in [0.717, 1.165) is 40.8 Å². The SMILES string of the molecule is NCCCCN1N=C(c2ccc(NC(=O)N3Cc4ccncc4C3)cc2)[C@@H](c2ccccc2)CC1=O. The van der Waals surface area contributed by atoms with Gasteiger partial charge in [0.2, 0.25) is 5.91 Å². The van der Waals surface area contributed by atoms with E-state index < -0.39 is 0 Å². The number of benzene rings is 2. The zero-order valence-corrected chi connectivity index (χ0v) is 20.1. The standard InChI is InChI=1S/C28H30N6O2/c29-13-4-5-15-34-26(35)16-25(20-6-2-1-3-7-20)27(32-34)21-8-10-24(11-9-21)31-28(36)33-18-22-12-14-30-17-23(22)19-33/h1-3,6-12,14,17,25H,4-5,13,15-16,18-19,29H2,(H,31,36)/t25-/m1/s1. The Morgan fingerprint density at radius 3 is 2.53 bits per heavy atom. The molecule has 0 spiro atoms. The highest BCUT2D eigenvalue weighted by molar-refractivity contribution is 6.09. The average molecular weight is 483 g/mol. The molecular weight excluding hydrogens is 452 g/mol. The molecule has 0 radical (unpaired) electrons. The number of unbranched alkanes of at least 4 members (excludes halogenated alkanes) is 1. The molecule has 36 heavy (non-hydrogen) atoms. The van der Waals surface area contributed by atoms with Crippen LogP contribution in [0.1, 0.15) is 47.4 Å². The lowest BCUT2D eigenvalue weighted by Crippen LogP contribution is -2.37. The Morgan fingerprint density at radius 1 is 1.00 bits per heavy atom. The molecule has 2 aromatic carbocycles. The Morgan fingerprint density at radius 2 is 1.78 bits per heavy atom. The van der Waals surface area contributed by atoms with Gasteiger partial charge in [-0.1, -0.05) is 42.5 Å². The molecule has 2 aliphatic heterocycles. The number of hydrogen-bond donors (Lipinski definition) is 2. The molecule has 0 saturated heterocycles. The minimum atomic E-state index is -0.146. The highest BCUT2D eigenvalue weighted by Crippen LogP contribution is 2.31. The van der Waals surface area contributed by atoms with E-state index in [1.54, 1.807) is 16.1 Å². The number of urea groups is 1. The summed E-state index contributed by atoms with van der Waals surface area (Å²) < 4.78 is 0. The average Bonchev–Trinajstić information content (AvgIpc) is 3.35. The summed E-state index contributed by atoms with van der Waals surface area (Å²) in [6.45, 7) is 2.28. The summed E-state index contributed by atoms with van der Waals surface area (Å²) in [5.41, 5.74) is 11.4. The van der Waals surface area contributed by atoms with Crippen molar-refractivity contribution in [2.45, 2.75) is 38.3 Å². The topological polar surface area (TPSA) is 104 Å². The monoisotopic (exact) mass is 482 g/mol.